The summed E-state index contributed by atoms with van der Waals surface area (Å²) in [6.45, 7) is 1.56. The Morgan fingerprint density at radius 3 is 2.84 bits per heavy atom. The van der Waals surface area contributed by atoms with E-state index in [4.69, 9.17) is 13.9 Å². The Bertz CT molecular complexity index is 708. The van der Waals surface area contributed by atoms with Crippen molar-refractivity contribution in [3.05, 3.63) is 29.7 Å². The number of ether oxygens (including phenoxy) is 2. The number of aliphatic hydroxyl groups is 1. The molecular weight excluding hydrogens is 364 g/mol. The molecule has 0 saturated carbocycles. The minimum absolute atomic E-state index is 0.0540. The van der Waals surface area contributed by atoms with Crippen LogP contribution in [0, 0.1) is 0 Å². The molecule has 1 N–H and O–H groups in total. The highest BCUT2D eigenvalue weighted by Crippen LogP contribution is 2.28. The number of ketones is 1. The third kappa shape index (κ3) is 5.94. The van der Waals surface area contributed by atoms with Crippen molar-refractivity contribution in [2.45, 2.75) is 24.0 Å². The maximum absolute atomic E-state index is 11.4. The molecular formula is C16H20N2O5S2. The first-order valence-electron chi connectivity index (χ1n) is 7.47. The van der Waals surface area contributed by atoms with Crippen molar-refractivity contribution in [3.8, 4) is 11.5 Å². The molecule has 25 heavy (non-hydrogen) atoms. The van der Waals surface area contributed by atoms with E-state index in [1.807, 2.05) is 6.26 Å². The summed E-state index contributed by atoms with van der Waals surface area (Å²) in [7, 11) is 1.50. The van der Waals surface area contributed by atoms with E-state index in [0.29, 0.717) is 39.7 Å². The lowest BCUT2D eigenvalue weighted by Gasteiger charge is -2.14. The number of Topliss-reactive ketones (excluding diaryl/α,β-unsaturated/α-hetero) is 1. The molecule has 0 amide bonds. The van der Waals surface area contributed by atoms with Gasteiger partial charge in [-0.25, -0.2) is 0 Å². The molecule has 0 saturated heterocycles. The van der Waals surface area contributed by atoms with E-state index in [1.165, 1.54) is 25.8 Å². The SMILES string of the molecule is COc1cc(C(C)=O)ccc1OCC(O)CSc1nnc(CSC)o1. The van der Waals surface area contributed by atoms with Crippen LogP contribution in [-0.2, 0) is 5.75 Å². The number of benzene rings is 1. The van der Waals surface area contributed by atoms with Gasteiger partial charge in [-0.05, 0) is 31.4 Å². The van der Waals surface area contributed by atoms with Gasteiger partial charge in [-0.3, -0.25) is 4.79 Å². The first-order valence-corrected chi connectivity index (χ1v) is 9.85. The van der Waals surface area contributed by atoms with E-state index in [0.717, 1.165) is 0 Å². The number of rotatable bonds is 10. The number of hydrogen-bond donors (Lipinski definition) is 1. The second-order valence-electron chi connectivity index (χ2n) is 5.09. The predicted octanol–water partition coefficient (Wildman–Crippen LogP) is 2.68. The molecule has 2 rings (SSSR count). The van der Waals surface area contributed by atoms with Crippen molar-refractivity contribution in [3.63, 3.8) is 0 Å². The van der Waals surface area contributed by atoms with E-state index >= 15 is 0 Å². The Balaban J connectivity index is 1.84. The van der Waals surface area contributed by atoms with E-state index < -0.39 is 6.10 Å². The minimum Gasteiger partial charge on any atom is -0.493 e. The second kappa shape index (κ2) is 9.69. The maximum Gasteiger partial charge on any atom is 0.276 e. The summed E-state index contributed by atoms with van der Waals surface area (Å²) >= 11 is 2.87. The van der Waals surface area contributed by atoms with Crippen molar-refractivity contribution in [1.29, 1.82) is 0 Å². The topological polar surface area (TPSA) is 94.7 Å². The summed E-state index contributed by atoms with van der Waals surface area (Å²) in [5.41, 5.74) is 0.540. The van der Waals surface area contributed by atoms with Crippen LogP contribution in [0.1, 0.15) is 23.2 Å². The zero-order chi connectivity index (χ0) is 18.2. The van der Waals surface area contributed by atoms with Crippen LogP contribution in [0.15, 0.2) is 27.8 Å². The monoisotopic (exact) mass is 384 g/mol. The minimum atomic E-state index is -0.724. The van der Waals surface area contributed by atoms with Gasteiger partial charge in [0.2, 0.25) is 5.89 Å². The fourth-order valence-electron chi connectivity index (χ4n) is 1.89. The van der Waals surface area contributed by atoms with Gasteiger partial charge in [0.25, 0.3) is 5.22 Å². The number of methoxy groups -OCH3 is 1. The molecule has 1 atom stereocenters. The largest absolute Gasteiger partial charge is 0.493 e. The van der Waals surface area contributed by atoms with Gasteiger partial charge in [-0.15, -0.1) is 10.2 Å². The molecule has 2 aromatic rings. The summed E-state index contributed by atoms with van der Waals surface area (Å²) in [6, 6.07) is 4.93. The molecule has 1 aromatic carbocycles. The van der Waals surface area contributed by atoms with Gasteiger partial charge in [0, 0.05) is 11.3 Å². The molecule has 0 aliphatic heterocycles. The van der Waals surface area contributed by atoms with Crippen molar-refractivity contribution in [2.75, 3.05) is 25.7 Å². The molecule has 0 bridgehead atoms. The fraction of sp³-hybridized carbons (Fsp3) is 0.438. The number of aliphatic hydroxyl groups excluding tert-OH is 1. The third-order valence-electron chi connectivity index (χ3n) is 3.12. The highest BCUT2D eigenvalue weighted by molar-refractivity contribution is 7.99. The zero-order valence-electron chi connectivity index (χ0n) is 14.2. The van der Waals surface area contributed by atoms with Crippen LogP contribution < -0.4 is 9.47 Å². The fourth-order valence-corrected chi connectivity index (χ4v) is 2.93. The van der Waals surface area contributed by atoms with Crippen LogP contribution in [0.4, 0.5) is 0 Å². The van der Waals surface area contributed by atoms with E-state index in [9.17, 15) is 9.90 Å². The Hall–Kier alpha value is -1.71. The standard InChI is InChI=1S/C16H20N2O5S2/c1-10(19)11-4-5-13(14(6-11)21-2)22-7-12(20)8-25-16-18-17-15(23-16)9-24-3/h4-6,12,20H,7-9H2,1-3H3. The van der Waals surface area contributed by atoms with E-state index in [2.05, 4.69) is 10.2 Å². The average Bonchev–Trinajstić information content (AvgIpc) is 3.05. The molecule has 0 fully saturated rings. The van der Waals surface area contributed by atoms with Crippen molar-refractivity contribution < 1.29 is 23.8 Å². The molecule has 1 unspecified atom stereocenters. The highest BCUT2D eigenvalue weighted by Gasteiger charge is 2.13. The average molecular weight is 384 g/mol. The molecule has 0 aliphatic rings. The summed E-state index contributed by atoms with van der Waals surface area (Å²) < 4.78 is 16.2. The Labute approximate surface area is 154 Å². The van der Waals surface area contributed by atoms with Gasteiger partial charge in [-0.2, -0.15) is 11.8 Å². The zero-order valence-corrected chi connectivity index (χ0v) is 15.9. The number of carbonyl (C=O) groups excluding carboxylic acids is 1. The van der Waals surface area contributed by atoms with Crippen molar-refractivity contribution >= 4 is 29.3 Å². The van der Waals surface area contributed by atoms with Crippen LogP contribution in [0.3, 0.4) is 0 Å². The van der Waals surface area contributed by atoms with Gasteiger partial charge in [-0.1, -0.05) is 11.8 Å². The van der Waals surface area contributed by atoms with Gasteiger partial charge in [0.1, 0.15) is 6.61 Å². The number of hydrogen-bond acceptors (Lipinski definition) is 9. The summed E-state index contributed by atoms with van der Waals surface area (Å²) in [5.74, 6) is 2.45. The van der Waals surface area contributed by atoms with Gasteiger partial charge in [0.15, 0.2) is 17.3 Å². The lowest BCUT2D eigenvalue weighted by Crippen LogP contribution is -2.20. The van der Waals surface area contributed by atoms with Gasteiger partial charge in [0.05, 0.1) is 19.0 Å². The molecule has 0 aliphatic carbocycles. The molecule has 0 radical (unpaired) electrons. The van der Waals surface area contributed by atoms with Gasteiger partial charge >= 0.3 is 0 Å². The summed E-state index contributed by atoms with van der Waals surface area (Å²) in [6.07, 6.45) is 1.23. The van der Waals surface area contributed by atoms with Gasteiger partial charge < -0.3 is 19.0 Å². The lowest BCUT2D eigenvalue weighted by atomic mass is 10.1. The summed E-state index contributed by atoms with van der Waals surface area (Å²) in [5, 5.41) is 18.3. The number of nitrogens with zero attached hydrogens (tertiary/aromatic N) is 2. The molecule has 0 spiro atoms. The molecule has 1 aromatic heterocycles. The number of thioether (sulfide) groups is 2. The highest BCUT2D eigenvalue weighted by atomic mass is 32.2. The molecule has 136 valence electrons. The van der Waals surface area contributed by atoms with Crippen LogP contribution >= 0.6 is 23.5 Å². The first-order chi connectivity index (χ1) is 12.0. The maximum atomic E-state index is 11.4. The van der Waals surface area contributed by atoms with Crippen LogP contribution in [-0.4, -0.2) is 52.9 Å². The van der Waals surface area contributed by atoms with E-state index in [1.54, 1.807) is 30.0 Å². The third-order valence-corrected chi connectivity index (χ3v) is 4.62. The molecule has 1 heterocycles. The van der Waals surface area contributed by atoms with Crippen molar-refractivity contribution in [2.24, 2.45) is 0 Å². The Kier molecular flexibility index (Phi) is 7.60. The normalized spacial score (nSPS) is 12.0. The van der Waals surface area contributed by atoms with Crippen LogP contribution in [0.25, 0.3) is 0 Å². The number of carbonyl (C=O) groups is 1. The van der Waals surface area contributed by atoms with Crippen LogP contribution in [0.2, 0.25) is 0 Å². The second-order valence-corrected chi connectivity index (χ2v) is 6.93. The Morgan fingerprint density at radius 1 is 1.36 bits per heavy atom. The predicted molar refractivity (Wildman–Crippen MR) is 96.7 cm³/mol. The lowest BCUT2D eigenvalue weighted by molar-refractivity contribution is 0.101. The number of aromatic nitrogens is 2. The molecule has 7 nitrogen and oxygen atoms in total. The Morgan fingerprint density at radius 2 is 2.16 bits per heavy atom. The van der Waals surface area contributed by atoms with Crippen molar-refractivity contribution in [1.82, 2.24) is 10.2 Å². The summed E-state index contributed by atoms with van der Waals surface area (Å²) in [4.78, 5) is 11.4. The molecule has 9 heteroatoms. The first kappa shape index (κ1) is 19.6. The van der Waals surface area contributed by atoms with Crippen LogP contribution in [0.5, 0.6) is 11.5 Å². The smallest absolute Gasteiger partial charge is 0.276 e. The quantitative estimate of drug-likeness (QED) is 0.490. The van der Waals surface area contributed by atoms with E-state index in [-0.39, 0.29) is 12.4 Å².